The van der Waals surface area contributed by atoms with Crippen molar-refractivity contribution in [1.82, 2.24) is 9.71 Å². The van der Waals surface area contributed by atoms with Gasteiger partial charge in [0.1, 0.15) is 5.75 Å². The molecule has 1 aromatic carbocycles. The van der Waals surface area contributed by atoms with Crippen molar-refractivity contribution >= 4 is 37.3 Å². The minimum Gasteiger partial charge on any atom is -0.496 e. The molecular formula is C12H13BrN2O3S2. The number of rotatable bonds is 6. The molecule has 5 nitrogen and oxygen atoms in total. The maximum absolute atomic E-state index is 12.1. The number of nitrogens with one attached hydrogen (secondary N) is 1. The van der Waals surface area contributed by atoms with E-state index in [9.17, 15) is 8.42 Å². The first-order valence-corrected chi connectivity index (χ1v) is 8.95. The van der Waals surface area contributed by atoms with E-state index in [4.69, 9.17) is 4.74 Å². The lowest BCUT2D eigenvalue weighted by molar-refractivity contribution is 0.411. The van der Waals surface area contributed by atoms with Crippen molar-refractivity contribution in [2.75, 3.05) is 13.7 Å². The van der Waals surface area contributed by atoms with Crippen LogP contribution in [0.15, 0.2) is 38.5 Å². The molecule has 0 aliphatic carbocycles. The smallest absolute Gasteiger partial charge is 0.240 e. The topological polar surface area (TPSA) is 68.3 Å². The summed E-state index contributed by atoms with van der Waals surface area (Å²) in [5.74, 6) is 0.589. The highest BCUT2D eigenvalue weighted by Crippen LogP contribution is 2.27. The Balaban J connectivity index is 2.04. The molecule has 1 N–H and O–H groups in total. The summed E-state index contributed by atoms with van der Waals surface area (Å²) >= 11 is 4.77. The Morgan fingerprint density at radius 2 is 2.25 bits per heavy atom. The Labute approximate surface area is 130 Å². The Hall–Kier alpha value is -0.960. The number of hydrogen-bond donors (Lipinski definition) is 1. The number of thiazole rings is 1. The molecule has 0 bridgehead atoms. The lowest BCUT2D eigenvalue weighted by atomic mass is 10.3. The van der Waals surface area contributed by atoms with Gasteiger partial charge in [0.05, 0.1) is 27.7 Å². The SMILES string of the molecule is COc1ccc(S(=O)(=O)NCCc2cscn2)cc1Br. The number of ether oxygens (including phenoxy) is 1. The molecule has 1 aromatic heterocycles. The zero-order chi connectivity index (χ0) is 14.6. The van der Waals surface area contributed by atoms with Crippen LogP contribution in [0.1, 0.15) is 5.69 Å². The first kappa shape index (κ1) is 15.4. The van der Waals surface area contributed by atoms with Crippen LogP contribution in [0, 0.1) is 0 Å². The van der Waals surface area contributed by atoms with Crippen molar-refractivity contribution in [2.24, 2.45) is 0 Å². The van der Waals surface area contributed by atoms with Gasteiger partial charge in [0, 0.05) is 18.3 Å². The lowest BCUT2D eigenvalue weighted by Gasteiger charge is -2.08. The molecule has 0 saturated heterocycles. The number of benzene rings is 1. The molecule has 108 valence electrons. The molecule has 0 fully saturated rings. The second kappa shape index (κ2) is 6.66. The van der Waals surface area contributed by atoms with E-state index in [1.807, 2.05) is 5.38 Å². The van der Waals surface area contributed by atoms with Crippen LogP contribution in [-0.4, -0.2) is 27.1 Å². The van der Waals surface area contributed by atoms with Crippen molar-refractivity contribution in [3.8, 4) is 5.75 Å². The fourth-order valence-electron chi connectivity index (χ4n) is 1.57. The summed E-state index contributed by atoms with van der Waals surface area (Å²) in [4.78, 5) is 4.30. The van der Waals surface area contributed by atoms with Crippen molar-refractivity contribution < 1.29 is 13.2 Å². The molecule has 0 amide bonds. The van der Waals surface area contributed by atoms with Gasteiger partial charge in [0.2, 0.25) is 10.0 Å². The van der Waals surface area contributed by atoms with Crippen LogP contribution < -0.4 is 9.46 Å². The normalized spacial score (nSPS) is 11.5. The van der Waals surface area contributed by atoms with Gasteiger partial charge in [0.15, 0.2) is 0 Å². The summed E-state index contributed by atoms with van der Waals surface area (Å²) in [6.45, 7) is 0.315. The standard InChI is InChI=1S/C12H13BrN2O3S2/c1-18-12-3-2-10(6-11(12)13)20(16,17)15-5-4-9-7-19-8-14-9/h2-3,6-8,15H,4-5H2,1H3. The maximum atomic E-state index is 12.1. The average Bonchev–Trinajstić information content (AvgIpc) is 2.91. The second-order valence-electron chi connectivity index (χ2n) is 3.92. The van der Waals surface area contributed by atoms with E-state index in [-0.39, 0.29) is 4.90 Å². The van der Waals surface area contributed by atoms with Gasteiger partial charge in [-0.3, -0.25) is 0 Å². The largest absolute Gasteiger partial charge is 0.496 e. The number of aromatic nitrogens is 1. The van der Waals surface area contributed by atoms with Gasteiger partial charge in [-0.05, 0) is 34.1 Å². The van der Waals surface area contributed by atoms with Crippen LogP contribution in [0.2, 0.25) is 0 Å². The van der Waals surface area contributed by atoms with Crippen LogP contribution in [0.3, 0.4) is 0 Å². The third kappa shape index (κ3) is 3.78. The van der Waals surface area contributed by atoms with Gasteiger partial charge in [-0.2, -0.15) is 0 Å². The molecule has 0 unspecified atom stereocenters. The summed E-state index contributed by atoms with van der Waals surface area (Å²) in [6, 6.07) is 4.64. The molecule has 0 aliphatic rings. The highest BCUT2D eigenvalue weighted by Gasteiger charge is 2.15. The molecule has 2 rings (SSSR count). The molecule has 20 heavy (non-hydrogen) atoms. The Kier molecular flexibility index (Phi) is 5.14. The minimum atomic E-state index is -3.52. The van der Waals surface area contributed by atoms with Crippen molar-refractivity contribution in [1.29, 1.82) is 0 Å². The lowest BCUT2D eigenvalue weighted by Crippen LogP contribution is -2.26. The Bertz CT molecular complexity index is 672. The molecule has 0 atom stereocenters. The van der Waals surface area contributed by atoms with Crippen LogP contribution in [-0.2, 0) is 16.4 Å². The highest BCUT2D eigenvalue weighted by molar-refractivity contribution is 9.10. The number of halogens is 1. The van der Waals surface area contributed by atoms with E-state index in [0.717, 1.165) is 5.69 Å². The monoisotopic (exact) mass is 376 g/mol. The van der Waals surface area contributed by atoms with Crippen LogP contribution in [0.4, 0.5) is 0 Å². The third-order valence-corrected chi connectivity index (χ3v) is 5.30. The third-order valence-electron chi connectivity index (χ3n) is 2.59. The van der Waals surface area contributed by atoms with Gasteiger partial charge < -0.3 is 4.74 Å². The molecule has 0 spiro atoms. The number of hydrogen-bond acceptors (Lipinski definition) is 5. The molecule has 8 heteroatoms. The first-order valence-electron chi connectivity index (χ1n) is 5.73. The zero-order valence-corrected chi connectivity index (χ0v) is 13.9. The molecule has 0 radical (unpaired) electrons. The molecule has 0 aliphatic heterocycles. The van der Waals surface area contributed by atoms with Gasteiger partial charge in [-0.15, -0.1) is 11.3 Å². The zero-order valence-electron chi connectivity index (χ0n) is 10.7. The van der Waals surface area contributed by atoms with Crippen molar-refractivity contribution in [3.63, 3.8) is 0 Å². The highest BCUT2D eigenvalue weighted by atomic mass is 79.9. The quantitative estimate of drug-likeness (QED) is 0.840. The average molecular weight is 377 g/mol. The van der Waals surface area contributed by atoms with E-state index in [0.29, 0.717) is 23.2 Å². The predicted octanol–water partition coefficient (Wildman–Crippen LogP) is 2.44. The number of sulfonamides is 1. The molecular weight excluding hydrogens is 364 g/mol. The number of methoxy groups -OCH3 is 1. The predicted molar refractivity (Wildman–Crippen MR) is 81.7 cm³/mol. The summed E-state index contributed by atoms with van der Waals surface area (Å²) < 4.78 is 32.5. The maximum Gasteiger partial charge on any atom is 0.240 e. The van der Waals surface area contributed by atoms with Crippen molar-refractivity contribution in [2.45, 2.75) is 11.3 Å². The van der Waals surface area contributed by atoms with E-state index in [2.05, 4.69) is 25.6 Å². The fourth-order valence-corrected chi connectivity index (χ4v) is 3.91. The molecule has 0 saturated carbocycles. The van der Waals surface area contributed by atoms with Crippen LogP contribution >= 0.6 is 27.3 Å². The minimum absolute atomic E-state index is 0.198. The van der Waals surface area contributed by atoms with Gasteiger partial charge in [-0.25, -0.2) is 18.1 Å². The van der Waals surface area contributed by atoms with E-state index >= 15 is 0 Å². The van der Waals surface area contributed by atoms with Crippen LogP contribution in [0.25, 0.3) is 0 Å². The fraction of sp³-hybridized carbons (Fsp3) is 0.250. The Morgan fingerprint density at radius 1 is 1.45 bits per heavy atom. The van der Waals surface area contributed by atoms with Gasteiger partial charge >= 0.3 is 0 Å². The first-order chi connectivity index (χ1) is 9.53. The summed E-state index contributed by atoms with van der Waals surface area (Å²) in [7, 11) is -1.99. The van der Waals surface area contributed by atoms with E-state index < -0.39 is 10.0 Å². The summed E-state index contributed by atoms with van der Waals surface area (Å²) in [5.41, 5.74) is 2.61. The summed E-state index contributed by atoms with van der Waals surface area (Å²) in [6.07, 6.45) is 0.569. The van der Waals surface area contributed by atoms with E-state index in [1.54, 1.807) is 11.6 Å². The Morgan fingerprint density at radius 3 is 2.85 bits per heavy atom. The second-order valence-corrected chi connectivity index (χ2v) is 7.26. The van der Waals surface area contributed by atoms with E-state index in [1.165, 1.54) is 30.6 Å². The molecule has 1 heterocycles. The van der Waals surface area contributed by atoms with Gasteiger partial charge in [-0.1, -0.05) is 0 Å². The number of nitrogens with zero attached hydrogens (tertiary/aromatic N) is 1. The van der Waals surface area contributed by atoms with Gasteiger partial charge in [0.25, 0.3) is 0 Å². The molecule has 2 aromatic rings. The summed E-state index contributed by atoms with van der Waals surface area (Å²) in [5, 5.41) is 1.90. The van der Waals surface area contributed by atoms with Crippen LogP contribution in [0.5, 0.6) is 5.75 Å². The van der Waals surface area contributed by atoms with Crippen molar-refractivity contribution in [3.05, 3.63) is 39.3 Å².